The smallest absolute Gasteiger partial charge is 0.268 e. The van der Waals surface area contributed by atoms with Crippen LogP contribution < -0.4 is 5.56 Å². The Bertz CT molecular complexity index is 1530. The highest BCUT2D eigenvalue weighted by atomic mass is 32.1. The number of nitro benzene ring substituents is 1. The van der Waals surface area contributed by atoms with E-state index in [1.807, 2.05) is 19.9 Å². The molecule has 2 aromatic carbocycles. The molecule has 0 aliphatic rings. The van der Waals surface area contributed by atoms with Gasteiger partial charge in [-0.1, -0.05) is 23.8 Å². The van der Waals surface area contributed by atoms with E-state index in [4.69, 9.17) is 4.98 Å². The van der Waals surface area contributed by atoms with E-state index in [-0.39, 0.29) is 11.2 Å². The maximum Gasteiger partial charge on any atom is 0.270 e. The number of hydrogen-bond acceptors (Lipinski definition) is 6. The lowest BCUT2D eigenvalue weighted by atomic mass is 10.1. The first-order chi connectivity index (χ1) is 13.9. The molecule has 3 heterocycles. The van der Waals surface area contributed by atoms with Crippen molar-refractivity contribution >= 4 is 43.8 Å². The monoisotopic (exact) mass is 402 g/mol. The summed E-state index contributed by atoms with van der Waals surface area (Å²) in [5.41, 5.74) is 4.47. The zero-order valence-corrected chi connectivity index (χ0v) is 16.4. The molecule has 0 N–H and O–H groups in total. The average Bonchev–Trinajstić information content (AvgIpc) is 3.12. The fraction of sp³-hybridized carbons (Fsp3) is 0.0952. The van der Waals surface area contributed by atoms with Crippen LogP contribution in [0.1, 0.15) is 11.1 Å². The molecule has 0 radical (unpaired) electrons. The lowest BCUT2D eigenvalue weighted by molar-refractivity contribution is -0.384. The van der Waals surface area contributed by atoms with Crippen LogP contribution in [-0.2, 0) is 0 Å². The van der Waals surface area contributed by atoms with Crippen molar-refractivity contribution in [3.05, 3.63) is 79.6 Å². The van der Waals surface area contributed by atoms with Crippen LogP contribution in [0.5, 0.6) is 0 Å². The second kappa shape index (κ2) is 6.18. The third-order valence-electron chi connectivity index (χ3n) is 4.98. The molecule has 29 heavy (non-hydrogen) atoms. The maximum atomic E-state index is 13.3. The van der Waals surface area contributed by atoms with Gasteiger partial charge in [-0.2, -0.15) is 0 Å². The van der Waals surface area contributed by atoms with Crippen molar-refractivity contribution in [3.63, 3.8) is 0 Å². The van der Waals surface area contributed by atoms with E-state index in [1.165, 1.54) is 27.9 Å². The summed E-state index contributed by atoms with van der Waals surface area (Å²) in [5, 5.41) is 14.2. The number of nitrogens with zero attached hydrogens (tertiary/aromatic N) is 4. The zero-order chi connectivity index (χ0) is 20.3. The highest BCUT2D eigenvalue weighted by Crippen LogP contribution is 2.30. The Kier molecular flexibility index (Phi) is 3.72. The van der Waals surface area contributed by atoms with E-state index in [2.05, 4.69) is 11.1 Å². The Morgan fingerprint density at radius 3 is 2.72 bits per heavy atom. The third-order valence-corrected chi connectivity index (χ3v) is 5.81. The lowest BCUT2D eigenvalue weighted by Gasteiger charge is -2.08. The second-order valence-electron chi connectivity index (χ2n) is 6.96. The van der Waals surface area contributed by atoms with E-state index in [0.717, 1.165) is 22.0 Å². The summed E-state index contributed by atoms with van der Waals surface area (Å²) in [6, 6.07) is 10.3. The van der Waals surface area contributed by atoms with Crippen molar-refractivity contribution in [2.45, 2.75) is 13.8 Å². The van der Waals surface area contributed by atoms with E-state index < -0.39 is 4.92 Å². The maximum absolute atomic E-state index is 13.3. The predicted molar refractivity (Wildman–Crippen MR) is 114 cm³/mol. The summed E-state index contributed by atoms with van der Waals surface area (Å²) < 4.78 is 1.50. The van der Waals surface area contributed by atoms with Crippen molar-refractivity contribution in [1.29, 1.82) is 0 Å². The van der Waals surface area contributed by atoms with Crippen molar-refractivity contribution in [1.82, 2.24) is 14.4 Å². The fourth-order valence-corrected chi connectivity index (χ4v) is 4.59. The average molecular weight is 402 g/mol. The number of nitro groups is 1. The number of aryl methyl sites for hydroxylation is 2. The summed E-state index contributed by atoms with van der Waals surface area (Å²) in [6.45, 7) is 3.99. The molecule has 5 aromatic rings. The first-order valence-electron chi connectivity index (χ1n) is 8.89. The first kappa shape index (κ1) is 17.4. The number of thiazole rings is 1. The Hall–Kier alpha value is -3.65. The van der Waals surface area contributed by atoms with Crippen LogP contribution >= 0.6 is 11.3 Å². The van der Waals surface area contributed by atoms with E-state index in [0.29, 0.717) is 27.1 Å². The molecule has 3 aromatic heterocycles. The summed E-state index contributed by atoms with van der Waals surface area (Å²) in [7, 11) is 0. The SMILES string of the molecule is Cc1cc(C)c2ncc3c(=O)n4c(-c5cccc([N+](=O)[O-])c5)csc4nc3c2c1. The van der Waals surface area contributed by atoms with Crippen molar-refractivity contribution < 1.29 is 4.92 Å². The summed E-state index contributed by atoms with van der Waals surface area (Å²) in [5.74, 6) is 0. The van der Waals surface area contributed by atoms with Gasteiger partial charge < -0.3 is 0 Å². The molecule has 142 valence electrons. The van der Waals surface area contributed by atoms with Crippen LogP contribution in [0.4, 0.5) is 5.69 Å². The van der Waals surface area contributed by atoms with Gasteiger partial charge in [-0.15, -0.1) is 11.3 Å². The first-order valence-corrected chi connectivity index (χ1v) is 9.77. The minimum Gasteiger partial charge on any atom is -0.268 e. The van der Waals surface area contributed by atoms with Gasteiger partial charge in [0, 0.05) is 34.7 Å². The highest BCUT2D eigenvalue weighted by molar-refractivity contribution is 7.15. The molecule has 0 aliphatic heterocycles. The third kappa shape index (κ3) is 2.60. The molecule has 0 atom stereocenters. The number of rotatable bonds is 2. The van der Waals surface area contributed by atoms with Crippen LogP contribution in [0, 0.1) is 24.0 Å². The quantitative estimate of drug-likeness (QED) is 0.244. The second-order valence-corrected chi connectivity index (χ2v) is 7.80. The van der Waals surface area contributed by atoms with Gasteiger partial charge in [-0.05, 0) is 25.5 Å². The van der Waals surface area contributed by atoms with Gasteiger partial charge in [-0.3, -0.25) is 24.3 Å². The van der Waals surface area contributed by atoms with Crippen LogP contribution in [0.3, 0.4) is 0 Å². The normalized spacial score (nSPS) is 11.5. The van der Waals surface area contributed by atoms with Crippen LogP contribution in [0.15, 0.2) is 52.8 Å². The molecule has 0 aliphatic carbocycles. The molecule has 0 bridgehead atoms. The molecule has 0 amide bonds. The van der Waals surface area contributed by atoms with Crippen molar-refractivity contribution in [3.8, 4) is 11.3 Å². The molecule has 0 unspecified atom stereocenters. The Morgan fingerprint density at radius 1 is 1.10 bits per heavy atom. The van der Waals surface area contributed by atoms with Gasteiger partial charge in [-0.25, -0.2) is 4.98 Å². The minimum atomic E-state index is -0.449. The van der Waals surface area contributed by atoms with Gasteiger partial charge in [0.05, 0.1) is 27.0 Å². The summed E-state index contributed by atoms with van der Waals surface area (Å²) in [6.07, 6.45) is 1.57. The Balaban J connectivity index is 1.86. The molecule has 0 fully saturated rings. The number of pyridine rings is 1. The van der Waals surface area contributed by atoms with Gasteiger partial charge in [0.15, 0.2) is 4.96 Å². The topological polar surface area (TPSA) is 90.4 Å². The molecule has 7 nitrogen and oxygen atoms in total. The summed E-state index contributed by atoms with van der Waals surface area (Å²) >= 11 is 1.33. The van der Waals surface area contributed by atoms with E-state index in [1.54, 1.807) is 23.7 Å². The number of non-ortho nitro benzene ring substituents is 1. The van der Waals surface area contributed by atoms with Crippen LogP contribution in [0.2, 0.25) is 0 Å². The Labute approximate surface area is 168 Å². The number of aromatic nitrogens is 3. The molecule has 0 saturated carbocycles. The predicted octanol–water partition coefficient (Wildman–Crippen LogP) is 4.65. The van der Waals surface area contributed by atoms with Gasteiger partial charge in [0.2, 0.25) is 0 Å². The number of fused-ring (bicyclic) bond motifs is 4. The Morgan fingerprint density at radius 2 is 1.93 bits per heavy atom. The molecule has 0 spiro atoms. The van der Waals surface area contributed by atoms with Gasteiger partial charge in [0.25, 0.3) is 11.2 Å². The highest BCUT2D eigenvalue weighted by Gasteiger charge is 2.17. The summed E-state index contributed by atoms with van der Waals surface area (Å²) in [4.78, 5) is 33.8. The van der Waals surface area contributed by atoms with Gasteiger partial charge >= 0.3 is 0 Å². The number of hydrogen-bond donors (Lipinski definition) is 0. The molecule has 0 saturated heterocycles. The molecule has 5 rings (SSSR count). The largest absolute Gasteiger partial charge is 0.270 e. The van der Waals surface area contributed by atoms with E-state index in [9.17, 15) is 14.9 Å². The standard InChI is InChI=1S/C21H14N4O3S/c1-11-6-12(2)18-15(7-11)19-16(9-22-18)20(26)24-17(10-29-21(24)23-19)13-4-3-5-14(8-13)25(27)28/h3-10H,1-2H3. The van der Waals surface area contributed by atoms with Gasteiger partial charge in [0.1, 0.15) is 0 Å². The number of benzene rings is 2. The lowest BCUT2D eigenvalue weighted by Crippen LogP contribution is -2.15. The minimum absolute atomic E-state index is 0.0257. The van der Waals surface area contributed by atoms with Crippen LogP contribution in [0.25, 0.3) is 38.0 Å². The zero-order valence-electron chi connectivity index (χ0n) is 15.5. The van der Waals surface area contributed by atoms with Crippen molar-refractivity contribution in [2.24, 2.45) is 0 Å². The molecular weight excluding hydrogens is 388 g/mol. The molecule has 8 heteroatoms. The molecular formula is C21H14N4O3S. The fourth-order valence-electron chi connectivity index (χ4n) is 3.71. The van der Waals surface area contributed by atoms with E-state index >= 15 is 0 Å². The van der Waals surface area contributed by atoms with Crippen molar-refractivity contribution in [2.75, 3.05) is 0 Å². The van der Waals surface area contributed by atoms with Crippen LogP contribution in [-0.4, -0.2) is 19.3 Å².